The Morgan fingerprint density at radius 1 is 0.684 bits per heavy atom. The van der Waals surface area contributed by atoms with Crippen LogP contribution in [0.25, 0.3) is 0 Å². The third kappa shape index (κ3) is 4.64. The molecular formula is C16H22Cl2Ti. The summed E-state index contributed by atoms with van der Waals surface area (Å²) in [5.74, 6) is 0. The SMILES string of the molecule is CCC[C]1([Ti+2][C]2(CCC)C=CC=C2)C=CC=C1.[Cl-].[Cl-]. The Bertz CT molecular complexity index is 320. The molecule has 0 aliphatic heterocycles. The minimum Gasteiger partial charge on any atom is -1.00 e. The Labute approximate surface area is 139 Å². The smallest absolute Gasteiger partial charge is 1.00 e. The molecule has 0 aromatic rings. The van der Waals surface area contributed by atoms with Crippen LogP contribution in [-0.2, 0) is 19.2 Å². The zero-order valence-electron chi connectivity index (χ0n) is 11.7. The predicted octanol–water partition coefficient (Wildman–Crippen LogP) is -0.753. The van der Waals surface area contributed by atoms with Crippen LogP contribution >= 0.6 is 0 Å². The second-order valence-corrected chi connectivity index (χ2v) is 8.44. The van der Waals surface area contributed by atoms with Gasteiger partial charge in [0.15, 0.2) is 0 Å². The summed E-state index contributed by atoms with van der Waals surface area (Å²) in [6.07, 6.45) is 24.1. The van der Waals surface area contributed by atoms with Crippen LogP contribution in [0.5, 0.6) is 0 Å². The maximum Gasteiger partial charge on any atom is -1.00 e. The van der Waals surface area contributed by atoms with E-state index in [1.165, 1.54) is 25.7 Å². The van der Waals surface area contributed by atoms with Crippen molar-refractivity contribution in [1.82, 2.24) is 0 Å². The van der Waals surface area contributed by atoms with Gasteiger partial charge in [-0.25, -0.2) is 0 Å². The molecule has 0 amide bonds. The van der Waals surface area contributed by atoms with Crippen LogP contribution in [0.4, 0.5) is 0 Å². The summed E-state index contributed by atoms with van der Waals surface area (Å²) in [5.41, 5.74) is 0. The van der Waals surface area contributed by atoms with Crippen molar-refractivity contribution in [2.75, 3.05) is 0 Å². The minimum atomic E-state index is -0.0731. The van der Waals surface area contributed by atoms with E-state index in [9.17, 15) is 0 Å². The van der Waals surface area contributed by atoms with Gasteiger partial charge >= 0.3 is 115 Å². The van der Waals surface area contributed by atoms with Crippen molar-refractivity contribution < 1.29 is 44.0 Å². The summed E-state index contributed by atoms with van der Waals surface area (Å²) in [4.78, 5) is 0. The molecule has 2 aliphatic carbocycles. The molecule has 0 N–H and O–H groups in total. The van der Waals surface area contributed by atoms with Crippen molar-refractivity contribution in [2.24, 2.45) is 0 Å². The van der Waals surface area contributed by atoms with Crippen LogP contribution in [0.15, 0.2) is 48.6 Å². The van der Waals surface area contributed by atoms with E-state index >= 15 is 0 Å². The molecule has 0 radical (unpaired) electrons. The average molecular weight is 333 g/mol. The average Bonchev–Trinajstić information content (AvgIpc) is 2.91. The number of rotatable bonds is 6. The molecule has 0 spiro atoms. The van der Waals surface area contributed by atoms with E-state index in [1.54, 1.807) is 0 Å². The number of hydrogen-bond donors (Lipinski definition) is 0. The molecule has 2 rings (SSSR count). The monoisotopic (exact) mass is 332 g/mol. The van der Waals surface area contributed by atoms with Gasteiger partial charge in [-0.3, -0.25) is 0 Å². The first-order valence-corrected chi connectivity index (χ1v) is 8.34. The number of halogens is 2. The molecular weight excluding hydrogens is 311 g/mol. The van der Waals surface area contributed by atoms with E-state index in [4.69, 9.17) is 0 Å². The van der Waals surface area contributed by atoms with E-state index in [1.807, 2.05) is 0 Å². The van der Waals surface area contributed by atoms with Crippen molar-refractivity contribution in [1.29, 1.82) is 0 Å². The molecule has 0 unspecified atom stereocenters. The third-order valence-corrected chi connectivity index (χ3v) is 6.87. The van der Waals surface area contributed by atoms with E-state index in [0.29, 0.717) is 7.44 Å². The fraction of sp³-hybridized carbons (Fsp3) is 0.500. The quantitative estimate of drug-likeness (QED) is 0.561. The van der Waals surface area contributed by atoms with E-state index < -0.39 is 0 Å². The Balaban J connectivity index is 0.00000162. The molecule has 0 saturated heterocycles. The molecule has 0 fully saturated rings. The molecule has 0 aromatic carbocycles. The van der Waals surface area contributed by atoms with Gasteiger partial charge in [-0.2, -0.15) is 0 Å². The Morgan fingerprint density at radius 3 is 1.26 bits per heavy atom. The molecule has 2 aliphatic rings. The van der Waals surface area contributed by atoms with E-state index in [0.717, 1.165) is 0 Å². The van der Waals surface area contributed by atoms with Crippen molar-refractivity contribution in [3.8, 4) is 0 Å². The van der Waals surface area contributed by atoms with Crippen molar-refractivity contribution in [3.63, 3.8) is 0 Å². The normalized spacial score (nSPS) is 19.9. The van der Waals surface area contributed by atoms with Gasteiger partial charge in [0.1, 0.15) is 0 Å². The van der Waals surface area contributed by atoms with Crippen LogP contribution in [0.2, 0.25) is 7.44 Å². The van der Waals surface area contributed by atoms with Gasteiger partial charge in [0.2, 0.25) is 0 Å². The van der Waals surface area contributed by atoms with Crippen LogP contribution in [-0.4, -0.2) is 0 Å². The first-order chi connectivity index (χ1) is 8.24. The van der Waals surface area contributed by atoms with Gasteiger partial charge in [-0.1, -0.05) is 0 Å². The van der Waals surface area contributed by atoms with Crippen LogP contribution in [0.3, 0.4) is 0 Å². The maximum atomic E-state index is 2.47. The molecule has 0 nitrogen and oxygen atoms in total. The van der Waals surface area contributed by atoms with Gasteiger partial charge in [0.25, 0.3) is 0 Å². The van der Waals surface area contributed by atoms with E-state index in [2.05, 4.69) is 62.5 Å². The van der Waals surface area contributed by atoms with E-state index in [-0.39, 0.29) is 44.0 Å². The summed E-state index contributed by atoms with van der Waals surface area (Å²) in [7, 11) is 0. The van der Waals surface area contributed by atoms with Gasteiger partial charge in [0.05, 0.1) is 0 Å². The molecule has 0 saturated carbocycles. The van der Waals surface area contributed by atoms with Crippen molar-refractivity contribution >= 4 is 0 Å². The zero-order chi connectivity index (χ0) is 12.2. The first kappa shape index (κ1) is 19.3. The van der Waals surface area contributed by atoms with Crippen LogP contribution in [0, 0.1) is 0 Å². The topological polar surface area (TPSA) is 0 Å². The van der Waals surface area contributed by atoms with Gasteiger partial charge in [-0.15, -0.1) is 0 Å². The van der Waals surface area contributed by atoms with Crippen LogP contribution < -0.4 is 24.8 Å². The Kier molecular flexibility index (Phi) is 8.64. The van der Waals surface area contributed by atoms with Gasteiger partial charge in [0, 0.05) is 0 Å². The van der Waals surface area contributed by atoms with Crippen LogP contribution in [0.1, 0.15) is 39.5 Å². The fourth-order valence-electron chi connectivity index (χ4n) is 2.91. The summed E-state index contributed by atoms with van der Waals surface area (Å²) in [6, 6.07) is 0. The summed E-state index contributed by atoms with van der Waals surface area (Å²) in [5, 5.41) is 0. The maximum absolute atomic E-state index is 2.47. The van der Waals surface area contributed by atoms with Crippen molar-refractivity contribution in [3.05, 3.63) is 48.6 Å². The summed E-state index contributed by atoms with van der Waals surface area (Å²) < 4.78 is 0.867. The van der Waals surface area contributed by atoms with Gasteiger partial charge < -0.3 is 24.8 Å². The number of hydrogen-bond acceptors (Lipinski definition) is 0. The molecule has 0 heterocycles. The zero-order valence-corrected chi connectivity index (χ0v) is 14.8. The van der Waals surface area contributed by atoms with Crippen molar-refractivity contribution in [2.45, 2.75) is 47.0 Å². The first-order valence-electron chi connectivity index (χ1n) is 6.78. The second-order valence-electron chi connectivity index (χ2n) is 5.14. The molecule has 19 heavy (non-hydrogen) atoms. The molecule has 3 heteroatoms. The molecule has 104 valence electrons. The number of allylic oxidation sites excluding steroid dienone is 8. The second kappa shape index (κ2) is 8.52. The third-order valence-electron chi connectivity index (χ3n) is 3.59. The summed E-state index contributed by atoms with van der Waals surface area (Å²) in [6.45, 7) is 4.61. The summed E-state index contributed by atoms with van der Waals surface area (Å²) >= 11 is -0.0731. The predicted molar refractivity (Wildman–Crippen MR) is 71.8 cm³/mol. The molecule has 0 bridgehead atoms. The Morgan fingerprint density at radius 2 is 1.00 bits per heavy atom. The Hall–Kier alpha value is 0.254. The molecule has 0 atom stereocenters. The fourth-order valence-corrected chi connectivity index (χ4v) is 6.55. The standard InChI is InChI=1S/2C8H11.2ClH.Ti/c2*1-2-5-8-6-3-4-7-8;;;/h2*3-4,6-7H,2,5H2,1H3;2*1H;/q;;;;+2/p-2. The largest absolute Gasteiger partial charge is 1.00 e. The van der Waals surface area contributed by atoms with Gasteiger partial charge in [-0.05, 0) is 0 Å². The molecule has 0 aromatic heterocycles. The minimum absolute atomic E-state index is 0.